The van der Waals surface area contributed by atoms with E-state index >= 15 is 0 Å². The number of para-hydroxylation sites is 1. The average molecular weight is 658 g/mol. The lowest BCUT2D eigenvalue weighted by Gasteiger charge is -2.35. The minimum Gasteiger partial charge on any atom is -0.483 e. The summed E-state index contributed by atoms with van der Waals surface area (Å²) in [5, 5.41) is 22.5. The number of ether oxygens (including phenoxy) is 3. The molecule has 16 heteroatoms. The fraction of sp³-hybridized carbons (Fsp3) is 0.516. The number of pyridine rings is 1. The van der Waals surface area contributed by atoms with Gasteiger partial charge in [0.1, 0.15) is 23.5 Å². The summed E-state index contributed by atoms with van der Waals surface area (Å²) in [5.74, 6) is -3.50. The highest BCUT2D eigenvalue weighted by atomic mass is 16.6. The third kappa shape index (κ3) is 8.84. The highest BCUT2D eigenvalue weighted by Gasteiger charge is 2.40. The minimum atomic E-state index is -1.20. The molecule has 2 aliphatic heterocycles. The SMILES string of the molecule is CCOC(=O)[C@@H]1C[C@@H](O)CN1C(=O)COc1cc(C(=O)N[C@@H](CCC(=O)O)C(=O)N2CCN(C(=O)OCC)CC2)nc2ccccc12. The predicted molar refractivity (Wildman–Crippen MR) is 163 cm³/mol. The summed E-state index contributed by atoms with van der Waals surface area (Å²) in [6.07, 6.45) is -1.93. The first-order valence-corrected chi connectivity index (χ1v) is 15.4. The number of benzene rings is 1. The molecule has 0 aliphatic carbocycles. The van der Waals surface area contributed by atoms with E-state index in [1.54, 1.807) is 38.1 Å². The summed E-state index contributed by atoms with van der Waals surface area (Å²) in [7, 11) is 0. The van der Waals surface area contributed by atoms with Gasteiger partial charge in [-0.3, -0.25) is 19.2 Å². The van der Waals surface area contributed by atoms with Crippen LogP contribution in [0.4, 0.5) is 4.79 Å². The predicted octanol–water partition coefficient (Wildman–Crippen LogP) is 0.402. The number of nitrogens with zero attached hydrogens (tertiary/aromatic N) is 4. The van der Waals surface area contributed by atoms with Gasteiger partial charge < -0.3 is 44.4 Å². The first-order chi connectivity index (χ1) is 22.5. The fourth-order valence-corrected chi connectivity index (χ4v) is 5.45. The van der Waals surface area contributed by atoms with Crippen molar-refractivity contribution in [3.05, 3.63) is 36.0 Å². The molecule has 4 amide bonds. The van der Waals surface area contributed by atoms with E-state index in [4.69, 9.17) is 14.2 Å². The number of amides is 4. The molecular weight excluding hydrogens is 618 g/mol. The van der Waals surface area contributed by atoms with E-state index in [0.717, 1.165) is 0 Å². The molecule has 4 rings (SSSR count). The first-order valence-electron chi connectivity index (χ1n) is 15.4. The van der Waals surface area contributed by atoms with E-state index < -0.39 is 60.5 Å². The van der Waals surface area contributed by atoms with Gasteiger partial charge in [0.05, 0.1) is 24.8 Å². The number of likely N-dealkylation sites (tertiary alicyclic amines) is 1. The second-order valence-corrected chi connectivity index (χ2v) is 11.0. The van der Waals surface area contributed by atoms with Crippen LogP contribution in [0.1, 0.15) is 43.6 Å². The Labute approximate surface area is 270 Å². The van der Waals surface area contributed by atoms with Crippen molar-refractivity contribution in [2.75, 3.05) is 52.5 Å². The van der Waals surface area contributed by atoms with Crippen LogP contribution in [0.2, 0.25) is 0 Å². The van der Waals surface area contributed by atoms with Crippen LogP contribution in [0.5, 0.6) is 5.75 Å². The number of fused-ring (bicyclic) bond motifs is 1. The maximum absolute atomic E-state index is 13.5. The molecule has 254 valence electrons. The largest absolute Gasteiger partial charge is 0.483 e. The van der Waals surface area contributed by atoms with E-state index in [9.17, 15) is 39.0 Å². The lowest BCUT2D eigenvalue weighted by molar-refractivity contribution is -0.153. The number of carboxylic acids is 1. The number of aliphatic hydroxyl groups is 1. The van der Waals surface area contributed by atoms with Crippen molar-refractivity contribution in [2.24, 2.45) is 0 Å². The molecule has 16 nitrogen and oxygen atoms in total. The molecule has 1 aromatic carbocycles. The molecule has 0 unspecified atom stereocenters. The number of carbonyl (C=O) groups is 6. The van der Waals surface area contributed by atoms with Crippen molar-refractivity contribution in [2.45, 2.75) is 51.3 Å². The van der Waals surface area contributed by atoms with Gasteiger partial charge in [-0.15, -0.1) is 0 Å². The number of aromatic nitrogens is 1. The lowest BCUT2D eigenvalue weighted by atomic mass is 10.1. The number of β-amino-alcohol motifs (C(OH)–C–C–N with tert-alkyl or cyclic N) is 1. The van der Waals surface area contributed by atoms with E-state index in [0.29, 0.717) is 10.9 Å². The zero-order chi connectivity index (χ0) is 34.1. The molecule has 2 aromatic rings. The van der Waals surface area contributed by atoms with E-state index in [1.165, 1.54) is 20.8 Å². The van der Waals surface area contributed by atoms with Crippen LogP contribution in [0.15, 0.2) is 30.3 Å². The Morgan fingerprint density at radius 3 is 2.36 bits per heavy atom. The molecule has 1 aromatic heterocycles. The van der Waals surface area contributed by atoms with Gasteiger partial charge >= 0.3 is 18.0 Å². The van der Waals surface area contributed by atoms with E-state index in [1.807, 2.05) is 0 Å². The molecule has 0 bridgehead atoms. The maximum Gasteiger partial charge on any atom is 0.409 e. The van der Waals surface area contributed by atoms with Crippen molar-refractivity contribution in [3.63, 3.8) is 0 Å². The number of hydrogen-bond acceptors (Lipinski definition) is 11. The van der Waals surface area contributed by atoms with Gasteiger partial charge in [-0.1, -0.05) is 12.1 Å². The molecule has 47 heavy (non-hydrogen) atoms. The molecule has 2 saturated heterocycles. The molecule has 0 spiro atoms. The molecular formula is C31H39N5O11. The summed E-state index contributed by atoms with van der Waals surface area (Å²) >= 11 is 0. The number of rotatable bonds is 12. The Bertz CT molecular complexity index is 1490. The number of esters is 1. The Morgan fingerprint density at radius 1 is 1.00 bits per heavy atom. The van der Waals surface area contributed by atoms with Gasteiger partial charge in [-0.05, 0) is 32.4 Å². The van der Waals surface area contributed by atoms with Crippen LogP contribution >= 0.6 is 0 Å². The van der Waals surface area contributed by atoms with Gasteiger partial charge in [0.25, 0.3) is 11.8 Å². The number of nitrogens with one attached hydrogen (secondary N) is 1. The zero-order valence-electron chi connectivity index (χ0n) is 26.3. The number of carboxylic acid groups (broad SMARTS) is 1. The molecule has 2 aliphatic rings. The minimum absolute atomic E-state index is 0.0376. The summed E-state index contributed by atoms with van der Waals surface area (Å²) in [6.45, 7) is 3.84. The van der Waals surface area contributed by atoms with Gasteiger partial charge in [-0.2, -0.15) is 0 Å². The Morgan fingerprint density at radius 2 is 1.68 bits per heavy atom. The van der Waals surface area contributed by atoms with E-state index in [-0.39, 0.29) is 76.6 Å². The normalized spacial score (nSPS) is 18.4. The molecule has 0 saturated carbocycles. The first kappa shape index (κ1) is 34.9. The summed E-state index contributed by atoms with van der Waals surface area (Å²) < 4.78 is 15.9. The summed E-state index contributed by atoms with van der Waals surface area (Å²) in [5.41, 5.74) is 0.208. The molecule has 3 N–H and O–H groups in total. The molecule has 3 heterocycles. The second-order valence-electron chi connectivity index (χ2n) is 11.0. The Balaban J connectivity index is 1.49. The topological polar surface area (TPSA) is 205 Å². The van der Waals surface area contributed by atoms with Gasteiger partial charge in [0, 0.05) is 57.0 Å². The number of piperazine rings is 1. The number of hydrogen-bond donors (Lipinski definition) is 3. The number of carbonyl (C=O) groups excluding carboxylic acids is 5. The Kier molecular flexibility index (Phi) is 11.9. The van der Waals surface area contributed by atoms with Crippen molar-refractivity contribution in [1.29, 1.82) is 0 Å². The van der Waals surface area contributed by atoms with E-state index in [2.05, 4.69) is 10.3 Å². The van der Waals surface area contributed by atoms with Crippen molar-refractivity contribution < 1.29 is 53.2 Å². The van der Waals surface area contributed by atoms with Crippen molar-refractivity contribution in [3.8, 4) is 5.75 Å². The quantitative estimate of drug-likeness (QED) is 0.265. The Hall–Kier alpha value is -4.99. The second kappa shape index (κ2) is 16.0. The highest BCUT2D eigenvalue weighted by molar-refractivity contribution is 5.99. The third-order valence-electron chi connectivity index (χ3n) is 7.79. The van der Waals surface area contributed by atoms with Gasteiger partial charge in [-0.25, -0.2) is 14.6 Å². The maximum atomic E-state index is 13.5. The van der Waals surface area contributed by atoms with Crippen LogP contribution in [0, 0.1) is 0 Å². The van der Waals surface area contributed by atoms with Gasteiger partial charge in [0.15, 0.2) is 6.61 Å². The standard InChI is InChI=1S/C31H39N5O11/c1-3-45-30(43)24-15-19(37)17-36(24)26(38)18-47-25-16-23(32-21-8-6-5-7-20(21)25)28(41)33-22(9-10-27(39)40)29(42)34-11-13-35(14-12-34)31(44)46-4-2/h5-8,16,19,22,24,37H,3-4,9-15,17-18H2,1-2H3,(H,33,41)(H,39,40)/t19-,22+,24+/m1/s1. The van der Waals surface area contributed by atoms with Crippen LogP contribution in [0.3, 0.4) is 0 Å². The fourth-order valence-electron chi connectivity index (χ4n) is 5.45. The monoisotopic (exact) mass is 657 g/mol. The van der Waals surface area contributed by atoms with Crippen LogP contribution in [-0.2, 0) is 28.7 Å². The van der Waals surface area contributed by atoms with Crippen molar-refractivity contribution >= 4 is 46.7 Å². The van der Waals surface area contributed by atoms with Crippen LogP contribution in [-0.4, -0.2) is 136 Å². The van der Waals surface area contributed by atoms with Crippen LogP contribution < -0.4 is 10.1 Å². The zero-order valence-corrected chi connectivity index (χ0v) is 26.3. The summed E-state index contributed by atoms with van der Waals surface area (Å²) in [4.78, 5) is 84.3. The molecule has 3 atom stereocenters. The lowest BCUT2D eigenvalue weighted by Crippen LogP contribution is -2.56. The number of aliphatic carboxylic acids is 1. The van der Waals surface area contributed by atoms with Crippen molar-refractivity contribution in [1.82, 2.24) is 25.0 Å². The third-order valence-corrected chi connectivity index (χ3v) is 7.79. The van der Waals surface area contributed by atoms with Gasteiger partial charge in [0.2, 0.25) is 5.91 Å². The van der Waals surface area contributed by atoms with Crippen LogP contribution in [0.25, 0.3) is 10.9 Å². The summed E-state index contributed by atoms with van der Waals surface area (Å²) in [6, 6.07) is 5.87. The average Bonchev–Trinajstić information content (AvgIpc) is 3.46. The molecule has 0 radical (unpaired) electrons. The highest BCUT2D eigenvalue weighted by Crippen LogP contribution is 2.27. The molecule has 2 fully saturated rings. The number of aliphatic hydroxyl groups excluding tert-OH is 1. The smallest absolute Gasteiger partial charge is 0.409 e.